The van der Waals surface area contributed by atoms with Gasteiger partial charge < -0.3 is 10.2 Å². The van der Waals surface area contributed by atoms with Crippen LogP contribution in [0.15, 0.2) is 43.8 Å². The van der Waals surface area contributed by atoms with Crippen molar-refractivity contribution >= 4 is 47.0 Å². The van der Waals surface area contributed by atoms with Crippen molar-refractivity contribution in [1.29, 1.82) is 0 Å². The van der Waals surface area contributed by atoms with E-state index in [0.717, 1.165) is 100 Å². The van der Waals surface area contributed by atoms with Gasteiger partial charge in [0.05, 0.1) is 19.6 Å². The van der Waals surface area contributed by atoms with Gasteiger partial charge >= 0.3 is 0 Å². The van der Waals surface area contributed by atoms with Crippen LogP contribution in [0.5, 0.6) is 11.5 Å². The molecule has 0 unspecified atom stereocenters. The fourth-order valence-electron chi connectivity index (χ4n) is 3.46. The Kier molecular flexibility index (Phi) is 15.6. The summed E-state index contributed by atoms with van der Waals surface area (Å²) >= 11 is 7.10. The molecule has 0 aliphatic rings. The molecule has 35 heavy (non-hydrogen) atoms. The fraction of sp³-hybridized carbons (Fsp3) is 0.586. The first-order chi connectivity index (χ1) is 17.0. The Morgan fingerprint density at radius 3 is 0.971 bits per heavy atom. The van der Waals surface area contributed by atoms with Gasteiger partial charge in [0.2, 0.25) is 0 Å². The number of rotatable bonds is 18. The topological polar surface area (TPSA) is 40.5 Å². The standard InChI is InChI=1S/C29H44O2S4/c1-5-9-13-32-24-18-22(19-25(28(24)30)33-14-10-6-2)17-23-20-26(34-15-11-7-3)29(31)27(21-23)35-16-12-8-4/h18-21,30-31H,5-17H2,1-4H3. The van der Waals surface area contributed by atoms with E-state index in [2.05, 4.69) is 52.0 Å². The Morgan fingerprint density at radius 2 is 0.743 bits per heavy atom. The third-order valence-electron chi connectivity index (χ3n) is 5.63. The van der Waals surface area contributed by atoms with Crippen LogP contribution in [0.25, 0.3) is 0 Å². The molecule has 2 N–H and O–H groups in total. The van der Waals surface area contributed by atoms with E-state index in [0.29, 0.717) is 11.5 Å². The van der Waals surface area contributed by atoms with Crippen LogP contribution in [0.1, 0.15) is 90.2 Å². The Balaban J connectivity index is 2.36. The molecule has 196 valence electrons. The maximum Gasteiger partial charge on any atom is 0.142 e. The maximum absolute atomic E-state index is 11.0. The van der Waals surface area contributed by atoms with Gasteiger partial charge in [0.15, 0.2) is 0 Å². The summed E-state index contributed by atoms with van der Waals surface area (Å²) in [7, 11) is 0. The van der Waals surface area contributed by atoms with Crippen LogP contribution in [-0.2, 0) is 6.42 Å². The molecule has 2 aromatic rings. The molecule has 0 aliphatic carbocycles. The first-order valence-electron chi connectivity index (χ1n) is 13.3. The van der Waals surface area contributed by atoms with Crippen molar-refractivity contribution in [3.63, 3.8) is 0 Å². The molecule has 0 spiro atoms. The van der Waals surface area contributed by atoms with Gasteiger partial charge in [-0.2, -0.15) is 0 Å². The van der Waals surface area contributed by atoms with Crippen molar-refractivity contribution in [2.24, 2.45) is 0 Å². The highest BCUT2D eigenvalue weighted by molar-refractivity contribution is 8.00. The lowest BCUT2D eigenvalue weighted by Crippen LogP contribution is -1.95. The third-order valence-corrected chi connectivity index (χ3v) is 10.1. The number of hydrogen-bond acceptors (Lipinski definition) is 6. The van der Waals surface area contributed by atoms with E-state index >= 15 is 0 Å². The Bertz CT molecular complexity index is 751. The summed E-state index contributed by atoms with van der Waals surface area (Å²) in [4.78, 5) is 4.01. The average molecular weight is 553 g/mol. The number of thioether (sulfide) groups is 4. The van der Waals surface area contributed by atoms with Crippen LogP contribution >= 0.6 is 47.0 Å². The van der Waals surface area contributed by atoms with E-state index in [1.54, 1.807) is 47.0 Å². The quantitative estimate of drug-likeness (QED) is 0.142. The summed E-state index contributed by atoms with van der Waals surface area (Å²) < 4.78 is 0. The predicted molar refractivity (Wildman–Crippen MR) is 162 cm³/mol. The highest BCUT2D eigenvalue weighted by Crippen LogP contribution is 2.42. The second kappa shape index (κ2) is 17.8. The lowest BCUT2D eigenvalue weighted by Gasteiger charge is -2.15. The number of hydrogen-bond donors (Lipinski definition) is 2. The summed E-state index contributed by atoms with van der Waals surface area (Å²) in [5, 5.41) is 21.9. The van der Waals surface area contributed by atoms with Crippen molar-refractivity contribution < 1.29 is 10.2 Å². The molecule has 2 rings (SSSR count). The van der Waals surface area contributed by atoms with Crippen molar-refractivity contribution in [2.75, 3.05) is 23.0 Å². The molecule has 0 fully saturated rings. The van der Waals surface area contributed by atoms with Crippen molar-refractivity contribution in [3.05, 3.63) is 35.4 Å². The zero-order valence-electron chi connectivity index (χ0n) is 22.0. The molecule has 6 heteroatoms. The highest BCUT2D eigenvalue weighted by atomic mass is 32.2. The van der Waals surface area contributed by atoms with Crippen LogP contribution in [0, 0.1) is 0 Å². The van der Waals surface area contributed by atoms with Gasteiger partial charge in [0, 0.05) is 0 Å². The summed E-state index contributed by atoms with van der Waals surface area (Å²) in [6.45, 7) is 8.83. The molecule has 0 aliphatic heterocycles. The van der Waals surface area contributed by atoms with Gasteiger partial charge in [-0.15, -0.1) is 47.0 Å². The average Bonchev–Trinajstić information content (AvgIpc) is 2.84. The Morgan fingerprint density at radius 1 is 0.486 bits per heavy atom. The highest BCUT2D eigenvalue weighted by Gasteiger charge is 2.15. The molecular weight excluding hydrogens is 509 g/mol. The molecular formula is C29H44O2S4. The second-order valence-electron chi connectivity index (χ2n) is 8.87. The largest absolute Gasteiger partial charge is 0.506 e. The Labute approximate surface area is 231 Å². The normalized spacial score (nSPS) is 11.3. The van der Waals surface area contributed by atoms with Crippen LogP contribution in [0.2, 0.25) is 0 Å². The van der Waals surface area contributed by atoms with Crippen LogP contribution in [-0.4, -0.2) is 33.2 Å². The monoisotopic (exact) mass is 552 g/mol. The first kappa shape index (κ1) is 30.7. The lowest BCUT2D eigenvalue weighted by atomic mass is 10.0. The van der Waals surface area contributed by atoms with Crippen molar-refractivity contribution in [1.82, 2.24) is 0 Å². The van der Waals surface area contributed by atoms with E-state index in [1.165, 1.54) is 11.1 Å². The molecule has 2 aromatic carbocycles. The molecule has 0 heterocycles. The smallest absolute Gasteiger partial charge is 0.142 e. The maximum atomic E-state index is 11.0. The number of benzene rings is 2. The van der Waals surface area contributed by atoms with Gasteiger partial charge in [0.1, 0.15) is 11.5 Å². The van der Waals surface area contributed by atoms with Gasteiger partial charge in [-0.3, -0.25) is 0 Å². The van der Waals surface area contributed by atoms with Gasteiger partial charge in [-0.1, -0.05) is 53.4 Å². The first-order valence-corrected chi connectivity index (χ1v) is 17.2. The van der Waals surface area contributed by atoms with Gasteiger partial charge in [-0.25, -0.2) is 0 Å². The minimum Gasteiger partial charge on any atom is -0.506 e. The van der Waals surface area contributed by atoms with E-state index in [1.807, 2.05) is 0 Å². The summed E-state index contributed by atoms with van der Waals surface area (Å²) in [5.41, 5.74) is 2.47. The SMILES string of the molecule is CCCCSc1cc(Cc2cc(SCCCC)c(O)c(SCCCC)c2)cc(SCCCC)c1O. The van der Waals surface area contributed by atoms with Crippen LogP contribution in [0.4, 0.5) is 0 Å². The van der Waals surface area contributed by atoms with Gasteiger partial charge in [0.25, 0.3) is 0 Å². The van der Waals surface area contributed by atoms with Gasteiger partial charge in [-0.05, 0) is 90.5 Å². The molecule has 0 saturated carbocycles. The molecule has 0 aromatic heterocycles. The van der Waals surface area contributed by atoms with E-state index < -0.39 is 0 Å². The Hall–Kier alpha value is -0.560. The molecule has 0 bridgehead atoms. The molecule has 0 atom stereocenters. The van der Waals surface area contributed by atoms with E-state index in [-0.39, 0.29) is 0 Å². The number of phenolic OH excluding ortho intramolecular Hbond substituents is 2. The third kappa shape index (κ3) is 10.8. The number of unbranched alkanes of at least 4 members (excludes halogenated alkanes) is 4. The predicted octanol–water partition coefficient (Wildman–Crippen LogP) is 10.3. The second-order valence-corrected chi connectivity index (χ2v) is 13.4. The van der Waals surface area contributed by atoms with Crippen LogP contribution < -0.4 is 0 Å². The fourth-order valence-corrected chi connectivity index (χ4v) is 8.13. The zero-order valence-corrected chi connectivity index (χ0v) is 25.3. The molecule has 0 saturated heterocycles. The molecule has 0 radical (unpaired) electrons. The number of aromatic hydroxyl groups is 2. The minimum absolute atomic E-state index is 0.452. The number of phenols is 2. The molecule has 2 nitrogen and oxygen atoms in total. The molecule has 0 amide bonds. The van der Waals surface area contributed by atoms with Crippen molar-refractivity contribution in [2.45, 2.75) is 105 Å². The van der Waals surface area contributed by atoms with Crippen LogP contribution in [0.3, 0.4) is 0 Å². The zero-order chi connectivity index (χ0) is 25.5. The minimum atomic E-state index is 0.452. The summed E-state index contributed by atoms with van der Waals surface area (Å²) in [5.74, 6) is 5.02. The summed E-state index contributed by atoms with van der Waals surface area (Å²) in [6, 6.07) is 8.72. The van der Waals surface area contributed by atoms with E-state index in [4.69, 9.17) is 0 Å². The summed E-state index contributed by atoms with van der Waals surface area (Å²) in [6.07, 6.45) is 10.1. The lowest BCUT2D eigenvalue weighted by molar-refractivity contribution is 0.448. The van der Waals surface area contributed by atoms with Crippen molar-refractivity contribution in [3.8, 4) is 11.5 Å². The van der Waals surface area contributed by atoms with E-state index in [9.17, 15) is 10.2 Å².